The van der Waals surface area contributed by atoms with E-state index in [2.05, 4.69) is 6.58 Å². The van der Waals surface area contributed by atoms with Gasteiger partial charge in [-0.2, -0.15) is 0 Å². The van der Waals surface area contributed by atoms with Crippen molar-refractivity contribution in [3.8, 4) is 0 Å². The van der Waals surface area contributed by atoms with E-state index in [-0.39, 0.29) is 0 Å². The third-order valence-electron chi connectivity index (χ3n) is 2.20. The minimum atomic E-state index is 0.645. The van der Waals surface area contributed by atoms with Gasteiger partial charge in [0.2, 0.25) is 6.41 Å². The van der Waals surface area contributed by atoms with E-state index in [0.717, 1.165) is 17.5 Å². The maximum absolute atomic E-state index is 10.5. The van der Waals surface area contributed by atoms with Crippen molar-refractivity contribution in [2.45, 2.75) is 6.92 Å². The SMILES string of the molecule is [B]c1cc(C(=C)N(C)C=O)ccc1C. The summed E-state index contributed by atoms with van der Waals surface area (Å²) in [4.78, 5) is 11.9. The molecule has 3 heteroatoms. The van der Waals surface area contributed by atoms with Gasteiger partial charge in [-0.25, -0.2) is 0 Å². The Labute approximate surface area is 85.6 Å². The van der Waals surface area contributed by atoms with Crippen LogP contribution in [0.3, 0.4) is 0 Å². The Kier molecular flexibility index (Phi) is 3.12. The van der Waals surface area contributed by atoms with Crippen LogP contribution < -0.4 is 5.46 Å². The monoisotopic (exact) mass is 185 g/mol. The molecule has 2 radical (unpaired) electrons. The Morgan fingerprint density at radius 1 is 1.57 bits per heavy atom. The fourth-order valence-corrected chi connectivity index (χ4v) is 1.09. The first-order valence-corrected chi connectivity index (χ1v) is 4.29. The highest BCUT2D eigenvalue weighted by atomic mass is 16.1. The van der Waals surface area contributed by atoms with Crippen molar-refractivity contribution in [1.82, 2.24) is 4.90 Å². The zero-order valence-corrected chi connectivity index (χ0v) is 8.45. The first-order chi connectivity index (χ1) is 6.56. The van der Waals surface area contributed by atoms with E-state index in [1.54, 1.807) is 7.05 Å². The summed E-state index contributed by atoms with van der Waals surface area (Å²) >= 11 is 0. The fourth-order valence-electron chi connectivity index (χ4n) is 1.09. The van der Waals surface area contributed by atoms with E-state index in [1.165, 1.54) is 4.90 Å². The molecular formula is C11H12BNO. The number of benzene rings is 1. The molecule has 0 N–H and O–H groups in total. The largest absolute Gasteiger partial charge is 0.318 e. The van der Waals surface area contributed by atoms with Crippen molar-refractivity contribution in [3.63, 3.8) is 0 Å². The predicted molar refractivity (Wildman–Crippen MR) is 59.4 cm³/mol. The van der Waals surface area contributed by atoms with E-state index in [0.29, 0.717) is 11.2 Å². The standard InChI is InChI=1S/C11H12BNO/c1-8-4-5-10(6-11(8)12)9(2)13(3)7-14/h4-7H,2H2,1,3H3. The highest BCUT2D eigenvalue weighted by molar-refractivity contribution is 6.33. The average molecular weight is 185 g/mol. The van der Waals surface area contributed by atoms with Gasteiger partial charge in [0.25, 0.3) is 0 Å². The Balaban J connectivity index is 3.02. The van der Waals surface area contributed by atoms with Crippen LogP contribution in [-0.2, 0) is 4.79 Å². The molecule has 0 unspecified atom stereocenters. The van der Waals surface area contributed by atoms with E-state index in [9.17, 15) is 4.79 Å². The lowest BCUT2D eigenvalue weighted by molar-refractivity contribution is -0.114. The lowest BCUT2D eigenvalue weighted by Gasteiger charge is -2.15. The molecule has 1 aromatic rings. The number of nitrogens with zero attached hydrogens (tertiary/aromatic N) is 1. The average Bonchev–Trinajstić information content (AvgIpc) is 2.20. The maximum Gasteiger partial charge on any atom is 0.213 e. The molecule has 0 saturated carbocycles. The van der Waals surface area contributed by atoms with E-state index >= 15 is 0 Å². The molecule has 0 atom stereocenters. The molecule has 0 heterocycles. The first-order valence-electron chi connectivity index (χ1n) is 4.29. The molecule has 0 bridgehead atoms. The third kappa shape index (κ3) is 2.05. The van der Waals surface area contributed by atoms with Crippen molar-refractivity contribution >= 4 is 25.4 Å². The van der Waals surface area contributed by atoms with E-state index in [4.69, 9.17) is 7.85 Å². The third-order valence-corrected chi connectivity index (χ3v) is 2.20. The summed E-state index contributed by atoms with van der Waals surface area (Å²) in [5.74, 6) is 0. The highest BCUT2D eigenvalue weighted by Gasteiger charge is 2.04. The zero-order chi connectivity index (χ0) is 10.7. The zero-order valence-electron chi connectivity index (χ0n) is 8.45. The fraction of sp³-hybridized carbons (Fsp3) is 0.182. The Morgan fingerprint density at radius 3 is 2.71 bits per heavy atom. The van der Waals surface area contributed by atoms with Crippen LogP contribution in [-0.4, -0.2) is 26.2 Å². The maximum atomic E-state index is 10.5. The first kappa shape index (κ1) is 10.6. The number of rotatable bonds is 3. The number of hydrogen-bond donors (Lipinski definition) is 0. The number of hydrogen-bond acceptors (Lipinski definition) is 1. The van der Waals surface area contributed by atoms with Crippen LogP contribution in [0.15, 0.2) is 24.8 Å². The quantitative estimate of drug-likeness (QED) is 0.504. The van der Waals surface area contributed by atoms with Gasteiger partial charge < -0.3 is 4.90 Å². The van der Waals surface area contributed by atoms with Crippen molar-refractivity contribution in [2.75, 3.05) is 7.05 Å². The molecule has 1 rings (SSSR count). The molecule has 2 nitrogen and oxygen atoms in total. The van der Waals surface area contributed by atoms with E-state index in [1.807, 2.05) is 25.1 Å². The molecule has 0 aromatic heterocycles. The highest BCUT2D eigenvalue weighted by Crippen LogP contribution is 2.13. The number of aryl methyl sites for hydroxylation is 1. The van der Waals surface area contributed by atoms with Gasteiger partial charge in [0.1, 0.15) is 7.85 Å². The van der Waals surface area contributed by atoms with Gasteiger partial charge in [-0.05, 0) is 12.5 Å². The summed E-state index contributed by atoms with van der Waals surface area (Å²) in [7, 11) is 7.41. The molecule has 14 heavy (non-hydrogen) atoms. The normalized spacial score (nSPS) is 9.57. The van der Waals surface area contributed by atoms with Gasteiger partial charge in [0.15, 0.2) is 0 Å². The Bertz CT molecular complexity index is 374. The Hall–Kier alpha value is -1.51. The summed E-state index contributed by atoms with van der Waals surface area (Å²) in [5.41, 5.74) is 3.24. The topological polar surface area (TPSA) is 20.3 Å². The summed E-state index contributed by atoms with van der Waals surface area (Å²) in [6.07, 6.45) is 0.721. The molecule has 0 spiro atoms. The van der Waals surface area contributed by atoms with Crippen molar-refractivity contribution in [1.29, 1.82) is 0 Å². The molecule has 0 saturated heterocycles. The van der Waals surface area contributed by atoms with Crippen LogP contribution in [0, 0.1) is 6.92 Å². The Morgan fingerprint density at radius 2 is 2.21 bits per heavy atom. The van der Waals surface area contributed by atoms with Gasteiger partial charge in [-0.3, -0.25) is 4.79 Å². The molecule has 0 aliphatic carbocycles. The summed E-state index contributed by atoms with van der Waals surface area (Å²) in [6.45, 7) is 5.74. The van der Waals surface area contributed by atoms with Crippen LogP contribution in [0.1, 0.15) is 11.1 Å². The van der Waals surface area contributed by atoms with Crippen molar-refractivity contribution in [3.05, 3.63) is 35.9 Å². The minimum Gasteiger partial charge on any atom is -0.318 e. The van der Waals surface area contributed by atoms with Gasteiger partial charge in [0, 0.05) is 12.7 Å². The van der Waals surface area contributed by atoms with Gasteiger partial charge in [0.05, 0.1) is 0 Å². The molecule has 1 aromatic carbocycles. The van der Waals surface area contributed by atoms with Crippen LogP contribution in [0.2, 0.25) is 0 Å². The molecular weight excluding hydrogens is 173 g/mol. The molecule has 0 fully saturated rings. The van der Waals surface area contributed by atoms with Crippen molar-refractivity contribution in [2.24, 2.45) is 0 Å². The van der Waals surface area contributed by atoms with Gasteiger partial charge in [-0.15, -0.1) is 0 Å². The predicted octanol–water partition coefficient (Wildman–Crippen LogP) is 0.848. The summed E-state index contributed by atoms with van der Waals surface area (Å²) < 4.78 is 0. The number of amides is 1. The van der Waals surface area contributed by atoms with Crippen LogP contribution in [0.5, 0.6) is 0 Å². The van der Waals surface area contributed by atoms with Crippen LogP contribution in [0.25, 0.3) is 5.70 Å². The lowest BCUT2D eigenvalue weighted by Crippen LogP contribution is -2.15. The molecule has 70 valence electrons. The minimum absolute atomic E-state index is 0.645. The number of carbonyl (C=O) groups is 1. The molecule has 1 amide bonds. The second-order valence-electron chi connectivity index (χ2n) is 3.23. The van der Waals surface area contributed by atoms with Crippen LogP contribution >= 0.6 is 0 Å². The van der Waals surface area contributed by atoms with E-state index < -0.39 is 0 Å². The molecule has 0 aliphatic rings. The summed E-state index contributed by atoms with van der Waals surface area (Å²) in [5, 5.41) is 0. The molecule has 0 aliphatic heterocycles. The summed E-state index contributed by atoms with van der Waals surface area (Å²) in [6, 6.07) is 5.63. The number of carbonyl (C=O) groups excluding carboxylic acids is 1. The van der Waals surface area contributed by atoms with Crippen LogP contribution in [0.4, 0.5) is 0 Å². The lowest BCUT2D eigenvalue weighted by atomic mass is 9.89. The van der Waals surface area contributed by atoms with Crippen molar-refractivity contribution < 1.29 is 4.79 Å². The second-order valence-corrected chi connectivity index (χ2v) is 3.23. The smallest absolute Gasteiger partial charge is 0.213 e. The van der Waals surface area contributed by atoms with Gasteiger partial charge >= 0.3 is 0 Å². The van der Waals surface area contributed by atoms with Gasteiger partial charge in [-0.1, -0.05) is 35.8 Å². The second kappa shape index (κ2) is 4.14.